The third kappa shape index (κ3) is 1.25. The molecule has 0 spiro atoms. The van der Waals surface area contributed by atoms with Gasteiger partial charge in [-0.05, 0) is 41.9 Å². The van der Waals surface area contributed by atoms with E-state index in [0.29, 0.717) is 0 Å². The van der Waals surface area contributed by atoms with Crippen LogP contribution in [0.5, 0.6) is 0 Å². The molecular weight excluding hydrogens is 190 g/mol. The fourth-order valence-corrected chi connectivity index (χ4v) is 1.54. The molecule has 2 aromatic rings. The number of hydrogen-bond donors (Lipinski definition) is 0. The molecule has 0 bridgehead atoms. The lowest BCUT2D eigenvalue weighted by atomic mass is 10.3. The van der Waals surface area contributed by atoms with Crippen molar-refractivity contribution in [3.05, 3.63) is 18.2 Å². The van der Waals surface area contributed by atoms with Crippen LogP contribution in [0.2, 0.25) is 0 Å². The lowest BCUT2D eigenvalue weighted by molar-refractivity contribution is 1.20. The molecule has 0 atom stereocenters. The molecule has 1 aromatic carbocycles. The van der Waals surface area contributed by atoms with Gasteiger partial charge in [-0.1, -0.05) is 4.49 Å². The standard InChI is InChI=1S/C7H3N3S2/c11-4-8-5-1-2-7-6(3-5)9-10-12-7/h1-3H. The topological polar surface area (TPSA) is 38.1 Å². The van der Waals surface area contributed by atoms with Gasteiger partial charge in [0.15, 0.2) is 0 Å². The maximum atomic E-state index is 4.49. The van der Waals surface area contributed by atoms with Gasteiger partial charge in [-0.2, -0.15) is 4.99 Å². The Labute approximate surface area is 77.9 Å². The number of thiocarbonyl (C=S) groups is 1. The zero-order valence-electron chi connectivity index (χ0n) is 5.89. The summed E-state index contributed by atoms with van der Waals surface area (Å²) in [5, 5.41) is 6.21. The zero-order valence-corrected chi connectivity index (χ0v) is 7.52. The third-order valence-corrected chi connectivity index (χ3v) is 2.20. The summed E-state index contributed by atoms with van der Waals surface area (Å²) in [5.74, 6) is 0. The molecule has 0 fully saturated rings. The Morgan fingerprint density at radius 1 is 1.50 bits per heavy atom. The highest BCUT2D eigenvalue weighted by Gasteiger charge is 1.97. The molecule has 12 heavy (non-hydrogen) atoms. The first-order valence-corrected chi connectivity index (χ1v) is 4.38. The van der Waals surface area contributed by atoms with Crippen LogP contribution in [0.3, 0.4) is 0 Å². The second-order valence-corrected chi connectivity index (χ2v) is 3.10. The molecule has 0 aliphatic rings. The molecule has 1 aromatic heterocycles. The van der Waals surface area contributed by atoms with Crippen LogP contribution in [0.1, 0.15) is 0 Å². The highest BCUT2D eigenvalue weighted by molar-refractivity contribution is 7.78. The maximum Gasteiger partial charge on any atom is 0.108 e. The average molecular weight is 193 g/mol. The van der Waals surface area contributed by atoms with E-state index in [-0.39, 0.29) is 0 Å². The van der Waals surface area contributed by atoms with Crippen molar-refractivity contribution in [2.75, 3.05) is 0 Å². The molecule has 0 unspecified atom stereocenters. The molecule has 1 heterocycles. The second kappa shape index (κ2) is 3.06. The van der Waals surface area contributed by atoms with Gasteiger partial charge in [0.2, 0.25) is 0 Å². The van der Waals surface area contributed by atoms with Gasteiger partial charge in [0.25, 0.3) is 0 Å². The molecule has 2 rings (SSSR count). The molecule has 0 aliphatic carbocycles. The van der Waals surface area contributed by atoms with Gasteiger partial charge >= 0.3 is 0 Å². The molecule has 0 radical (unpaired) electrons. The van der Waals surface area contributed by atoms with Crippen LogP contribution in [-0.4, -0.2) is 14.7 Å². The van der Waals surface area contributed by atoms with E-state index in [4.69, 9.17) is 0 Å². The fraction of sp³-hybridized carbons (Fsp3) is 0. The summed E-state index contributed by atoms with van der Waals surface area (Å²) in [4.78, 5) is 3.84. The number of hydrogen-bond acceptors (Lipinski definition) is 5. The number of aromatic nitrogens is 2. The summed E-state index contributed by atoms with van der Waals surface area (Å²) in [6.45, 7) is 0. The van der Waals surface area contributed by atoms with Crippen molar-refractivity contribution in [1.82, 2.24) is 9.59 Å². The fourth-order valence-electron chi connectivity index (χ4n) is 0.892. The minimum Gasteiger partial charge on any atom is -0.195 e. The summed E-state index contributed by atoms with van der Waals surface area (Å²) < 4.78 is 4.86. The van der Waals surface area contributed by atoms with Crippen LogP contribution in [0, 0.1) is 0 Å². The highest BCUT2D eigenvalue weighted by atomic mass is 32.1. The van der Waals surface area contributed by atoms with Crippen molar-refractivity contribution in [3.8, 4) is 0 Å². The molecular formula is C7H3N3S2. The lowest BCUT2D eigenvalue weighted by Gasteiger charge is -1.87. The summed E-state index contributed by atoms with van der Waals surface area (Å²) in [7, 11) is 0. The first kappa shape index (κ1) is 7.49. The molecule has 5 heteroatoms. The minimum absolute atomic E-state index is 0.769. The Morgan fingerprint density at radius 3 is 3.25 bits per heavy atom. The first-order chi connectivity index (χ1) is 5.90. The van der Waals surface area contributed by atoms with Crippen molar-refractivity contribution < 1.29 is 0 Å². The predicted octanol–water partition coefficient (Wildman–Crippen LogP) is 2.43. The highest BCUT2D eigenvalue weighted by Crippen LogP contribution is 2.20. The monoisotopic (exact) mass is 193 g/mol. The van der Waals surface area contributed by atoms with Crippen LogP contribution in [-0.2, 0) is 0 Å². The smallest absolute Gasteiger partial charge is 0.108 e. The second-order valence-electron chi connectivity index (χ2n) is 2.13. The van der Waals surface area contributed by atoms with E-state index in [1.807, 2.05) is 18.2 Å². The van der Waals surface area contributed by atoms with Crippen LogP contribution >= 0.6 is 23.8 Å². The van der Waals surface area contributed by atoms with Gasteiger partial charge in [0, 0.05) is 0 Å². The van der Waals surface area contributed by atoms with Crippen LogP contribution in [0.15, 0.2) is 23.2 Å². The van der Waals surface area contributed by atoms with Crippen LogP contribution in [0.25, 0.3) is 10.2 Å². The minimum atomic E-state index is 0.769. The SMILES string of the molecule is S=C=Nc1ccc2snnc2c1. The first-order valence-electron chi connectivity index (χ1n) is 3.20. The van der Waals surface area contributed by atoms with Gasteiger partial charge in [-0.25, -0.2) is 0 Å². The molecule has 0 saturated carbocycles. The van der Waals surface area contributed by atoms with Gasteiger partial charge in [0.1, 0.15) is 5.52 Å². The number of rotatable bonds is 1. The van der Waals surface area contributed by atoms with E-state index in [2.05, 4.69) is 32.0 Å². The van der Waals surface area contributed by atoms with Crippen molar-refractivity contribution in [2.24, 2.45) is 4.99 Å². The number of isothiocyanates is 1. The van der Waals surface area contributed by atoms with E-state index in [1.54, 1.807) is 0 Å². The number of aliphatic imine (C=N–C) groups is 1. The third-order valence-electron chi connectivity index (χ3n) is 1.40. The normalized spacial score (nSPS) is 9.67. The molecule has 3 nitrogen and oxygen atoms in total. The van der Waals surface area contributed by atoms with E-state index < -0.39 is 0 Å². The Morgan fingerprint density at radius 2 is 2.42 bits per heavy atom. The summed E-state index contributed by atoms with van der Waals surface area (Å²) in [5.41, 5.74) is 1.62. The average Bonchev–Trinajstić information content (AvgIpc) is 2.51. The van der Waals surface area contributed by atoms with Gasteiger partial charge < -0.3 is 0 Å². The lowest BCUT2D eigenvalue weighted by Crippen LogP contribution is -1.67. The largest absolute Gasteiger partial charge is 0.195 e. The van der Waals surface area contributed by atoms with Gasteiger partial charge in [0.05, 0.1) is 15.5 Å². The van der Waals surface area contributed by atoms with E-state index >= 15 is 0 Å². The molecule has 0 saturated heterocycles. The summed E-state index contributed by atoms with van der Waals surface area (Å²) in [6, 6.07) is 5.62. The van der Waals surface area contributed by atoms with E-state index in [0.717, 1.165) is 15.9 Å². The molecule has 58 valence electrons. The van der Waals surface area contributed by atoms with Gasteiger partial charge in [-0.15, -0.1) is 5.10 Å². The maximum absolute atomic E-state index is 4.49. The van der Waals surface area contributed by atoms with Crippen molar-refractivity contribution in [2.45, 2.75) is 0 Å². The Balaban J connectivity index is 2.67. The molecule has 0 aliphatic heterocycles. The van der Waals surface area contributed by atoms with Crippen molar-refractivity contribution in [3.63, 3.8) is 0 Å². The summed E-state index contributed by atoms with van der Waals surface area (Å²) >= 11 is 5.85. The number of benzene rings is 1. The van der Waals surface area contributed by atoms with Crippen LogP contribution < -0.4 is 0 Å². The molecule has 0 N–H and O–H groups in total. The summed E-state index contributed by atoms with van der Waals surface area (Å²) in [6.07, 6.45) is 0. The van der Waals surface area contributed by atoms with Gasteiger partial charge in [-0.3, -0.25) is 0 Å². The Kier molecular flexibility index (Phi) is 1.91. The van der Waals surface area contributed by atoms with E-state index in [1.165, 1.54) is 11.5 Å². The molecule has 0 amide bonds. The zero-order chi connectivity index (χ0) is 8.39. The number of nitrogens with zero attached hydrogens (tertiary/aromatic N) is 3. The Hall–Kier alpha value is -1.16. The van der Waals surface area contributed by atoms with Crippen LogP contribution in [0.4, 0.5) is 5.69 Å². The predicted molar refractivity (Wildman–Crippen MR) is 52.1 cm³/mol. The van der Waals surface area contributed by atoms with Crippen molar-refractivity contribution in [1.29, 1.82) is 0 Å². The Bertz CT molecular complexity index is 456. The van der Waals surface area contributed by atoms with E-state index in [9.17, 15) is 0 Å². The van der Waals surface area contributed by atoms with Crippen molar-refractivity contribution >= 4 is 44.8 Å². The quantitative estimate of drug-likeness (QED) is 0.515. The number of fused-ring (bicyclic) bond motifs is 1.